The lowest BCUT2D eigenvalue weighted by atomic mass is 10.2. The number of rotatable bonds is 1. The van der Waals surface area contributed by atoms with Crippen LogP contribution in [0, 0.1) is 3.57 Å². The van der Waals surface area contributed by atoms with Crippen LogP contribution < -0.4 is 0 Å². The van der Waals surface area contributed by atoms with E-state index in [0.717, 1.165) is 6.07 Å². The fraction of sp³-hybridized carbons (Fsp3) is 0.286. The van der Waals surface area contributed by atoms with E-state index in [9.17, 15) is 22.0 Å². The molecule has 0 spiro atoms. The van der Waals surface area contributed by atoms with Gasteiger partial charge in [0, 0.05) is 9.13 Å². The van der Waals surface area contributed by atoms with Crippen molar-refractivity contribution < 1.29 is 22.0 Å². The Morgan fingerprint density at radius 3 is 2.27 bits per heavy atom. The average molecular weight is 402 g/mol. The minimum absolute atomic E-state index is 0.0974. The van der Waals surface area contributed by atoms with Gasteiger partial charge in [0.1, 0.15) is 4.60 Å². The van der Waals surface area contributed by atoms with Crippen molar-refractivity contribution in [3.63, 3.8) is 0 Å². The Morgan fingerprint density at radius 1 is 1.33 bits per heavy atom. The molecule has 0 aromatic carbocycles. The molecule has 0 fully saturated rings. The van der Waals surface area contributed by atoms with Gasteiger partial charge >= 0.3 is 6.18 Å². The minimum atomic E-state index is -4.88. The van der Waals surface area contributed by atoms with Gasteiger partial charge in [-0.05, 0) is 44.6 Å². The van der Waals surface area contributed by atoms with Crippen molar-refractivity contribution in [2.75, 3.05) is 0 Å². The van der Waals surface area contributed by atoms with Gasteiger partial charge in [-0.25, -0.2) is 13.8 Å². The summed E-state index contributed by atoms with van der Waals surface area (Å²) in [7, 11) is 0. The predicted molar refractivity (Wildman–Crippen MR) is 54.6 cm³/mol. The zero-order valence-corrected chi connectivity index (χ0v) is 10.5. The minimum Gasteiger partial charge on any atom is -0.235 e. The molecular weight excluding hydrogens is 400 g/mol. The summed E-state index contributed by atoms with van der Waals surface area (Å²) >= 11 is 4.38. The van der Waals surface area contributed by atoms with Crippen LogP contribution in [0.1, 0.15) is 17.7 Å². The molecule has 0 saturated carbocycles. The predicted octanol–water partition coefficient (Wildman–Crippen LogP) is 4.41. The first kappa shape index (κ1) is 13.1. The number of hydrogen-bond acceptors (Lipinski definition) is 1. The maximum Gasteiger partial charge on any atom is 0.433 e. The molecular formula is C7H2BrF5IN. The van der Waals surface area contributed by atoms with Crippen LogP contribution >= 0.6 is 38.5 Å². The summed E-state index contributed by atoms with van der Waals surface area (Å²) in [6.45, 7) is 0. The third kappa shape index (κ3) is 2.99. The Balaban J connectivity index is 3.42. The quantitative estimate of drug-likeness (QED) is 0.386. The van der Waals surface area contributed by atoms with Crippen molar-refractivity contribution in [2.45, 2.75) is 12.6 Å². The third-order valence-corrected chi connectivity index (χ3v) is 3.63. The molecule has 1 aromatic rings. The average Bonchev–Trinajstić information content (AvgIpc) is 2.06. The molecule has 0 atom stereocenters. The van der Waals surface area contributed by atoms with Crippen molar-refractivity contribution in [1.29, 1.82) is 0 Å². The Kier molecular flexibility index (Phi) is 3.90. The smallest absolute Gasteiger partial charge is 0.235 e. The molecule has 0 bridgehead atoms. The summed E-state index contributed by atoms with van der Waals surface area (Å²) < 4.78 is 61.6. The third-order valence-electron chi connectivity index (χ3n) is 1.47. The van der Waals surface area contributed by atoms with Gasteiger partial charge in [-0.1, -0.05) is 0 Å². The number of pyridine rings is 1. The molecule has 0 amide bonds. The Bertz CT molecular complexity index is 378. The van der Waals surface area contributed by atoms with E-state index in [1.165, 1.54) is 0 Å². The lowest BCUT2D eigenvalue weighted by Crippen LogP contribution is -2.13. The molecule has 0 aliphatic rings. The van der Waals surface area contributed by atoms with Gasteiger partial charge < -0.3 is 0 Å². The standard InChI is InChI=1S/C7H2BrF5IN/c8-5-3(14)1-2(6(9)10)4(15-5)7(11,12)13/h1,6H. The van der Waals surface area contributed by atoms with Crippen LogP contribution in [0.15, 0.2) is 10.7 Å². The molecule has 0 aliphatic heterocycles. The molecule has 1 nitrogen and oxygen atoms in total. The molecule has 0 radical (unpaired) electrons. The Labute approximate surface area is 103 Å². The highest BCUT2D eigenvalue weighted by molar-refractivity contribution is 14.1. The second-order valence-electron chi connectivity index (χ2n) is 2.50. The van der Waals surface area contributed by atoms with Crippen LogP contribution in [-0.4, -0.2) is 4.98 Å². The second-order valence-corrected chi connectivity index (χ2v) is 4.41. The van der Waals surface area contributed by atoms with Crippen LogP contribution in [0.2, 0.25) is 0 Å². The van der Waals surface area contributed by atoms with E-state index < -0.39 is 23.9 Å². The number of nitrogens with zero attached hydrogens (tertiary/aromatic N) is 1. The molecule has 0 unspecified atom stereocenters. The first-order chi connectivity index (χ1) is 6.73. The molecule has 1 heterocycles. The van der Waals surface area contributed by atoms with Crippen molar-refractivity contribution in [3.05, 3.63) is 25.5 Å². The normalized spacial score (nSPS) is 12.3. The lowest BCUT2D eigenvalue weighted by molar-refractivity contribution is -0.143. The number of alkyl halides is 5. The van der Waals surface area contributed by atoms with Gasteiger partial charge in [-0.15, -0.1) is 0 Å². The van der Waals surface area contributed by atoms with E-state index in [2.05, 4.69) is 20.9 Å². The van der Waals surface area contributed by atoms with Gasteiger partial charge in [0.15, 0.2) is 5.69 Å². The van der Waals surface area contributed by atoms with E-state index in [0.29, 0.717) is 0 Å². The van der Waals surface area contributed by atoms with Gasteiger partial charge in [0.05, 0.1) is 0 Å². The van der Waals surface area contributed by atoms with Crippen molar-refractivity contribution >= 4 is 38.5 Å². The van der Waals surface area contributed by atoms with Crippen LogP contribution in [0.3, 0.4) is 0 Å². The van der Waals surface area contributed by atoms with Crippen LogP contribution in [-0.2, 0) is 6.18 Å². The summed E-state index contributed by atoms with van der Waals surface area (Å²) in [5.41, 5.74) is -2.65. The maximum atomic E-state index is 12.3. The molecule has 0 saturated heterocycles. The fourth-order valence-electron chi connectivity index (χ4n) is 0.874. The van der Waals surface area contributed by atoms with Crippen LogP contribution in [0.5, 0.6) is 0 Å². The molecule has 84 valence electrons. The van der Waals surface area contributed by atoms with Crippen LogP contribution in [0.25, 0.3) is 0 Å². The van der Waals surface area contributed by atoms with E-state index in [4.69, 9.17) is 0 Å². The monoisotopic (exact) mass is 401 g/mol. The van der Waals surface area contributed by atoms with Gasteiger partial charge in [0.2, 0.25) is 0 Å². The fourth-order valence-corrected chi connectivity index (χ4v) is 1.62. The number of hydrogen-bond donors (Lipinski definition) is 0. The summed E-state index contributed by atoms with van der Waals surface area (Å²) in [5, 5.41) is 0. The SMILES string of the molecule is FC(F)c1cc(I)c(Br)nc1C(F)(F)F. The summed E-state index contributed by atoms with van der Waals surface area (Å²) in [5.74, 6) is 0. The van der Waals surface area contributed by atoms with E-state index >= 15 is 0 Å². The molecule has 1 rings (SSSR count). The molecule has 0 aliphatic carbocycles. The molecule has 15 heavy (non-hydrogen) atoms. The van der Waals surface area contributed by atoms with Crippen molar-refractivity contribution in [3.8, 4) is 0 Å². The summed E-state index contributed by atoms with van der Waals surface area (Å²) in [4.78, 5) is 3.07. The molecule has 8 heteroatoms. The first-order valence-corrected chi connectivity index (χ1v) is 5.32. The molecule has 1 aromatic heterocycles. The lowest BCUT2D eigenvalue weighted by Gasteiger charge is -2.12. The van der Waals surface area contributed by atoms with E-state index in [1.54, 1.807) is 22.6 Å². The first-order valence-electron chi connectivity index (χ1n) is 3.44. The van der Waals surface area contributed by atoms with Crippen LogP contribution in [0.4, 0.5) is 22.0 Å². The van der Waals surface area contributed by atoms with Gasteiger partial charge in [-0.2, -0.15) is 13.2 Å². The highest BCUT2D eigenvalue weighted by Crippen LogP contribution is 2.37. The summed E-state index contributed by atoms with van der Waals surface area (Å²) in [6.07, 6.45) is -8.07. The second kappa shape index (κ2) is 4.48. The zero-order valence-electron chi connectivity index (χ0n) is 6.75. The van der Waals surface area contributed by atoms with Crippen molar-refractivity contribution in [1.82, 2.24) is 4.98 Å². The largest absolute Gasteiger partial charge is 0.433 e. The maximum absolute atomic E-state index is 12.3. The Morgan fingerprint density at radius 2 is 1.87 bits per heavy atom. The highest BCUT2D eigenvalue weighted by atomic mass is 127. The summed E-state index contributed by atoms with van der Waals surface area (Å²) in [6, 6.07) is 0.769. The topological polar surface area (TPSA) is 12.9 Å². The van der Waals surface area contributed by atoms with E-state index in [-0.39, 0.29) is 8.17 Å². The zero-order chi connectivity index (χ0) is 11.8. The van der Waals surface area contributed by atoms with E-state index in [1.807, 2.05) is 0 Å². The highest BCUT2D eigenvalue weighted by Gasteiger charge is 2.38. The number of halogens is 7. The molecule has 0 N–H and O–H groups in total. The Hall–Kier alpha value is 0.01000. The van der Waals surface area contributed by atoms with Gasteiger partial charge in [0.25, 0.3) is 6.43 Å². The number of aromatic nitrogens is 1. The van der Waals surface area contributed by atoms with Crippen molar-refractivity contribution in [2.24, 2.45) is 0 Å². The van der Waals surface area contributed by atoms with Gasteiger partial charge in [-0.3, -0.25) is 0 Å².